The number of amides is 1. The molecule has 1 aromatic heterocycles. The molecule has 1 aromatic carbocycles. The first kappa shape index (κ1) is 18.4. The van der Waals surface area contributed by atoms with Gasteiger partial charge in [0, 0.05) is 26.2 Å². The number of imidazole rings is 1. The molecule has 0 radical (unpaired) electrons. The van der Waals surface area contributed by atoms with Crippen LogP contribution in [0.15, 0.2) is 24.5 Å². The van der Waals surface area contributed by atoms with Crippen molar-refractivity contribution >= 4 is 16.9 Å². The predicted molar refractivity (Wildman–Crippen MR) is 108 cm³/mol. The summed E-state index contributed by atoms with van der Waals surface area (Å²) >= 11 is 0. The Morgan fingerprint density at radius 3 is 2.56 bits per heavy atom. The summed E-state index contributed by atoms with van der Waals surface area (Å²) in [6.07, 6.45) is 9.09. The number of fused-ring (bicyclic) bond motifs is 1. The molecule has 1 saturated heterocycles. The highest BCUT2D eigenvalue weighted by atomic mass is 16.1. The Balaban J connectivity index is 1.75. The number of carbonyl (C=O) groups excluding carboxylic acids is 1. The minimum absolute atomic E-state index is 0.0865. The predicted octanol–water partition coefficient (Wildman–Crippen LogP) is 2.78. The SMILES string of the molecule is CCCN1CCN(C2(n3cnc4cccc(C(N)=O)c43)CCCCC2)CC1. The minimum Gasteiger partial charge on any atom is -0.366 e. The minimum atomic E-state index is -0.374. The molecule has 2 aliphatic rings. The van der Waals surface area contributed by atoms with Crippen LogP contribution in [0.3, 0.4) is 0 Å². The van der Waals surface area contributed by atoms with Crippen molar-refractivity contribution in [2.45, 2.75) is 51.1 Å². The maximum Gasteiger partial charge on any atom is 0.250 e. The van der Waals surface area contributed by atoms with Crippen LogP contribution in [-0.4, -0.2) is 58.0 Å². The van der Waals surface area contributed by atoms with Crippen LogP contribution in [0.4, 0.5) is 0 Å². The van der Waals surface area contributed by atoms with Gasteiger partial charge in [-0.2, -0.15) is 0 Å². The molecule has 0 bridgehead atoms. The van der Waals surface area contributed by atoms with E-state index in [0.29, 0.717) is 5.56 Å². The maximum absolute atomic E-state index is 12.1. The molecule has 6 nitrogen and oxygen atoms in total. The summed E-state index contributed by atoms with van der Waals surface area (Å²) < 4.78 is 2.29. The second-order valence-corrected chi connectivity index (χ2v) is 8.02. The summed E-state index contributed by atoms with van der Waals surface area (Å²) in [7, 11) is 0. The number of benzene rings is 1. The molecule has 4 rings (SSSR count). The summed E-state index contributed by atoms with van der Waals surface area (Å²) in [5.41, 5.74) is 7.97. The molecular weight excluding hydrogens is 338 g/mol. The molecule has 27 heavy (non-hydrogen) atoms. The fourth-order valence-corrected chi connectivity index (χ4v) is 5.11. The lowest BCUT2D eigenvalue weighted by Crippen LogP contribution is -2.58. The Morgan fingerprint density at radius 1 is 1.15 bits per heavy atom. The van der Waals surface area contributed by atoms with Gasteiger partial charge in [0.15, 0.2) is 0 Å². The van der Waals surface area contributed by atoms with Crippen molar-refractivity contribution < 1.29 is 4.79 Å². The van der Waals surface area contributed by atoms with E-state index in [9.17, 15) is 4.79 Å². The second kappa shape index (κ2) is 7.60. The van der Waals surface area contributed by atoms with Crippen LogP contribution in [-0.2, 0) is 5.66 Å². The largest absolute Gasteiger partial charge is 0.366 e. The molecule has 2 N–H and O–H groups in total. The molecule has 2 aromatic rings. The number of rotatable bonds is 5. The first-order valence-corrected chi connectivity index (χ1v) is 10.4. The molecule has 1 aliphatic carbocycles. The number of nitrogens with zero attached hydrogens (tertiary/aromatic N) is 4. The van der Waals surface area contributed by atoms with Gasteiger partial charge in [-0.3, -0.25) is 9.69 Å². The highest BCUT2D eigenvalue weighted by Crippen LogP contribution is 2.41. The fourth-order valence-electron chi connectivity index (χ4n) is 5.11. The second-order valence-electron chi connectivity index (χ2n) is 8.02. The first-order chi connectivity index (χ1) is 13.2. The van der Waals surface area contributed by atoms with Gasteiger partial charge in [0.25, 0.3) is 5.91 Å². The van der Waals surface area contributed by atoms with Gasteiger partial charge in [-0.15, -0.1) is 0 Å². The molecular formula is C21H31N5O. The van der Waals surface area contributed by atoms with Crippen molar-refractivity contribution in [2.75, 3.05) is 32.7 Å². The van der Waals surface area contributed by atoms with Gasteiger partial charge in [0.1, 0.15) is 0 Å². The molecule has 0 spiro atoms. The van der Waals surface area contributed by atoms with Crippen molar-refractivity contribution in [3.8, 4) is 0 Å². The highest BCUT2D eigenvalue weighted by molar-refractivity contribution is 6.04. The number of aromatic nitrogens is 2. The lowest BCUT2D eigenvalue weighted by Gasteiger charge is -2.50. The van der Waals surface area contributed by atoms with Gasteiger partial charge in [-0.1, -0.05) is 19.4 Å². The van der Waals surface area contributed by atoms with E-state index in [-0.39, 0.29) is 11.6 Å². The van der Waals surface area contributed by atoms with E-state index < -0.39 is 0 Å². The van der Waals surface area contributed by atoms with E-state index in [1.807, 2.05) is 24.5 Å². The Labute approximate surface area is 161 Å². The zero-order chi connectivity index (χ0) is 18.9. The zero-order valence-electron chi connectivity index (χ0n) is 16.4. The number of piperazine rings is 1. The Kier molecular flexibility index (Phi) is 5.19. The Bertz CT molecular complexity index is 800. The van der Waals surface area contributed by atoms with Crippen molar-refractivity contribution in [3.05, 3.63) is 30.1 Å². The lowest BCUT2D eigenvalue weighted by molar-refractivity contribution is -0.0433. The summed E-state index contributed by atoms with van der Waals surface area (Å²) in [6.45, 7) is 7.80. The highest BCUT2D eigenvalue weighted by Gasteiger charge is 2.42. The smallest absolute Gasteiger partial charge is 0.250 e. The van der Waals surface area contributed by atoms with Crippen molar-refractivity contribution in [2.24, 2.45) is 5.73 Å². The molecule has 146 valence electrons. The average molecular weight is 370 g/mol. The first-order valence-electron chi connectivity index (χ1n) is 10.4. The van der Waals surface area contributed by atoms with Crippen LogP contribution in [0.2, 0.25) is 0 Å². The molecule has 2 heterocycles. The van der Waals surface area contributed by atoms with Crippen LogP contribution in [0.25, 0.3) is 11.0 Å². The van der Waals surface area contributed by atoms with E-state index in [4.69, 9.17) is 5.73 Å². The molecule has 0 unspecified atom stereocenters. The number of nitrogens with two attached hydrogens (primary N) is 1. The average Bonchev–Trinajstić information content (AvgIpc) is 3.14. The van der Waals surface area contributed by atoms with Gasteiger partial charge >= 0.3 is 0 Å². The molecule has 2 fully saturated rings. The molecule has 1 amide bonds. The van der Waals surface area contributed by atoms with E-state index in [1.54, 1.807) is 0 Å². The summed E-state index contributed by atoms with van der Waals surface area (Å²) in [5, 5.41) is 0. The van der Waals surface area contributed by atoms with Crippen molar-refractivity contribution in [1.82, 2.24) is 19.4 Å². The van der Waals surface area contributed by atoms with Gasteiger partial charge in [0.05, 0.1) is 28.6 Å². The normalized spacial score (nSPS) is 21.5. The summed E-state index contributed by atoms with van der Waals surface area (Å²) in [6, 6.07) is 5.68. The van der Waals surface area contributed by atoms with Gasteiger partial charge in [0.2, 0.25) is 0 Å². The van der Waals surface area contributed by atoms with Crippen LogP contribution in [0.5, 0.6) is 0 Å². The van der Waals surface area contributed by atoms with Crippen LogP contribution < -0.4 is 5.73 Å². The monoisotopic (exact) mass is 369 g/mol. The van der Waals surface area contributed by atoms with Crippen molar-refractivity contribution in [1.29, 1.82) is 0 Å². The maximum atomic E-state index is 12.1. The van der Waals surface area contributed by atoms with Crippen LogP contribution >= 0.6 is 0 Å². The third-order valence-corrected chi connectivity index (χ3v) is 6.44. The van der Waals surface area contributed by atoms with Crippen LogP contribution in [0.1, 0.15) is 55.8 Å². The number of primary amides is 1. The van der Waals surface area contributed by atoms with Crippen LogP contribution in [0, 0.1) is 0 Å². The Hall–Kier alpha value is -1.92. The molecule has 1 aliphatic heterocycles. The lowest BCUT2D eigenvalue weighted by atomic mass is 9.86. The molecule has 1 saturated carbocycles. The Morgan fingerprint density at radius 2 is 1.89 bits per heavy atom. The zero-order valence-corrected chi connectivity index (χ0v) is 16.4. The van der Waals surface area contributed by atoms with Gasteiger partial charge in [-0.05, 0) is 50.8 Å². The number of carbonyl (C=O) groups is 1. The third-order valence-electron chi connectivity index (χ3n) is 6.44. The molecule has 6 heteroatoms. The summed E-state index contributed by atoms with van der Waals surface area (Å²) in [5.74, 6) is -0.374. The number of para-hydroxylation sites is 1. The van der Waals surface area contributed by atoms with E-state index in [1.165, 1.54) is 32.2 Å². The summed E-state index contributed by atoms with van der Waals surface area (Å²) in [4.78, 5) is 22.0. The van der Waals surface area contributed by atoms with E-state index >= 15 is 0 Å². The molecule has 0 atom stereocenters. The number of hydrogen-bond donors (Lipinski definition) is 1. The fraction of sp³-hybridized carbons (Fsp3) is 0.619. The third kappa shape index (κ3) is 3.25. The quantitative estimate of drug-likeness (QED) is 0.880. The number of hydrogen-bond acceptors (Lipinski definition) is 4. The topological polar surface area (TPSA) is 67.4 Å². The van der Waals surface area contributed by atoms with E-state index in [0.717, 1.165) is 50.1 Å². The van der Waals surface area contributed by atoms with Crippen molar-refractivity contribution in [3.63, 3.8) is 0 Å². The van der Waals surface area contributed by atoms with Gasteiger partial charge < -0.3 is 15.2 Å². The van der Waals surface area contributed by atoms with Gasteiger partial charge in [-0.25, -0.2) is 4.98 Å². The van der Waals surface area contributed by atoms with E-state index in [2.05, 4.69) is 26.3 Å². The standard InChI is InChI=1S/C21H31N5O/c1-2-11-24-12-14-25(15-13-24)21(9-4-3-5-10-21)26-16-23-18-8-6-7-17(19(18)26)20(22)27/h6-8,16H,2-5,9-15H2,1H3,(H2,22,27).